The quantitative estimate of drug-likeness (QED) is 0.589. The Hall–Kier alpha value is -0.510. The molecule has 1 rings (SSSR count). The van der Waals surface area contributed by atoms with E-state index in [0.717, 1.165) is 25.0 Å². The molecule has 3 heteroatoms. The van der Waals surface area contributed by atoms with Crippen molar-refractivity contribution in [2.24, 2.45) is 5.73 Å². The van der Waals surface area contributed by atoms with Gasteiger partial charge in [0, 0.05) is 11.4 Å². The van der Waals surface area contributed by atoms with Crippen molar-refractivity contribution in [3.8, 4) is 0 Å². The molecule has 1 aromatic carbocycles. The molecule has 0 amide bonds. The lowest BCUT2D eigenvalue weighted by Gasteiger charge is -2.24. The monoisotopic (exact) mass is 267 g/mol. The summed E-state index contributed by atoms with van der Waals surface area (Å²) in [7, 11) is 0. The molecule has 1 unspecified atom stereocenters. The average Bonchev–Trinajstić information content (AvgIpc) is 2.38. The Bertz CT molecular complexity index is 375. The molecule has 1 aromatic rings. The summed E-state index contributed by atoms with van der Waals surface area (Å²) < 4.78 is 0. The first-order chi connectivity index (χ1) is 8.50. The third kappa shape index (κ3) is 4.63. The molecule has 0 saturated heterocycles. The molecule has 18 heavy (non-hydrogen) atoms. The van der Waals surface area contributed by atoms with Gasteiger partial charge in [0.1, 0.15) is 0 Å². The number of rotatable bonds is 7. The van der Waals surface area contributed by atoms with Crippen LogP contribution in [0, 0.1) is 13.8 Å². The van der Waals surface area contributed by atoms with Crippen LogP contribution < -0.4 is 5.73 Å². The average molecular weight is 267 g/mol. The van der Waals surface area contributed by atoms with Crippen molar-refractivity contribution in [3.05, 3.63) is 29.3 Å². The van der Waals surface area contributed by atoms with E-state index < -0.39 is 5.60 Å². The van der Waals surface area contributed by atoms with Crippen LogP contribution in [0.15, 0.2) is 23.1 Å². The topological polar surface area (TPSA) is 46.2 Å². The van der Waals surface area contributed by atoms with Gasteiger partial charge in [-0.05, 0) is 62.1 Å². The van der Waals surface area contributed by atoms with Crippen LogP contribution in [0.2, 0.25) is 0 Å². The van der Waals surface area contributed by atoms with Crippen molar-refractivity contribution in [2.75, 3.05) is 12.3 Å². The number of aliphatic hydroxyl groups is 1. The van der Waals surface area contributed by atoms with Crippen molar-refractivity contribution in [1.29, 1.82) is 0 Å². The summed E-state index contributed by atoms with van der Waals surface area (Å²) in [6.45, 7) is 6.62. The normalized spacial score (nSPS) is 14.5. The molecular weight excluding hydrogens is 242 g/mol. The predicted octanol–water partition coefficient (Wildman–Crippen LogP) is 3.28. The van der Waals surface area contributed by atoms with Crippen LogP contribution in [0.25, 0.3) is 0 Å². The Kier molecular flexibility index (Phi) is 6.19. The number of nitrogens with two attached hydrogens (primary N) is 1. The second-order valence-electron chi connectivity index (χ2n) is 4.98. The molecule has 0 aromatic heterocycles. The van der Waals surface area contributed by atoms with Gasteiger partial charge in [-0.3, -0.25) is 0 Å². The number of thioether (sulfide) groups is 1. The Balaban J connectivity index is 2.36. The molecule has 102 valence electrons. The lowest BCUT2D eigenvalue weighted by Crippen LogP contribution is -2.36. The van der Waals surface area contributed by atoms with E-state index in [-0.39, 0.29) is 0 Å². The lowest BCUT2D eigenvalue weighted by atomic mass is 9.95. The van der Waals surface area contributed by atoms with E-state index in [1.807, 2.05) is 18.7 Å². The summed E-state index contributed by atoms with van der Waals surface area (Å²) in [4.78, 5) is 1.31. The Labute approximate surface area is 115 Å². The van der Waals surface area contributed by atoms with Gasteiger partial charge in [-0.2, -0.15) is 0 Å². The molecule has 0 saturated carbocycles. The van der Waals surface area contributed by atoms with Crippen molar-refractivity contribution in [3.63, 3.8) is 0 Å². The fourth-order valence-corrected chi connectivity index (χ4v) is 2.77. The second kappa shape index (κ2) is 7.17. The van der Waals surface area contributed by atoms with Crippen LogP contribution in [-0.2, 0) is 0 Å². The first-order valence-electron chi connectivity index (χ1n) is 6.63. The minimum Gasteiger partial charge on any atom is -0.389 e. The van der Waals surface area contributed by atoms with E-state index in [2.05, 4.69) is 32.0 Å². The van der Waals surface area contributed by atoms with Gasteiger partial charge in [0.05, 0.1) is 5.60 Å². The fraction of sp³-hybridized carbons (Fsp3) is 0.600. The fourth-order valence-electron chi connectivity index (χ4n) is 1.82. The van der Waals surface area contributed by atoms with Gasteiger partial charge in [-0.25, -0.2) is 0 Å². The van der Waals surface area contributed by atoms with Gasteiger partial charge in [0.2, 0.25) is 0 Å². The molecular formula is C15H25NOS. The van der Waals surface area contributed by atoms with Crippen LogP contribution in [-0.4, -0.2) is 23.0 Å². The Morgan fingerprint density at radius 1 is 1.28 bits per heavy atom. The second-order valence-corrected chi connectivity index (χ2v) is 6.15. The van der Waals surface area contributed by atoms with Gasteiger partial charge >= 0.3 is 0 Å². The highest BCUT2D eigenvalue weighted by atomic mass is 32.2. The first kappa shape index (κ1) is 15.5. The third-order valence-corrected chi connectivity index (χ3v) is 4.65. The lowest BCUT2D eigenvalue weighted by molar-refractivity contribution is 0.0360. The summed E-state index contributed by atoms with van der Waals surface area (Å²) in [6, 6.07) is 6.57. The number of benzene rings is 1. The first-order valence-corrected chi connectivity index (χ1v) is 7.62. The van der Waals surface area contributed by atoms with Crippen molar-refractivity contribution < 1.29 is 5.11 Å². The van der Waals surface area contributed by atoms with E-state index in [1.54, 1.807) is 0 Å². The van der Waals surface area contributed by atoms with E-state index in [9.17, 15) is 5.11 Å². The Morgan fingerprint density at radius 3 is 2.56 bits per heavy atom. The maximum absolute atomic E-state index is 10.1. The highest BCUT2D eigenvalue weighted by Crippen LogP contribution is 2.24. The molecule has 0 bridgehead atoms. The molecule has 2 nitrogen and oxygen atoms in total. The van der Waals surface area contributed by atoms with Crippen LogP contribution >= 0.6 is 11.8 Å². The molecule has 1 atom stereocenters. The summed E-state index contributed by atoms with van der Waals surface area (Å²) >= 11 is 1.85. The zero-order chi connectivity index (χ0) is 13.6. The van der Waals surface area contributed by atoms with Crippen LogP contribution in [0.3, 0.4) is 0 Å². The van der Waals surface area contributed by atoms with Gasteiger partial charge in [0.25, 0.3) is 0 Å². The molecule has 0 radical (unpaired) electrons. The van der Waals surface area contributed by atoms with Gasteiger partial charge in [0.15, 0.2) is 0 Å². The van der Waals surface area contributed by atoms with E-state index in [4.69, 9.17) is 5.73 Å². The standard InChI is InChI=1S/C15H25NOS/c1-4-15(17,11-16)8-5-9-18-14-7-6-12(2)13(3)10-14/h6-7,10,17H,4-5,8-9,11,16H2,1-3H3. The summed E-state index contributed by atoms with van der Waals surface area (Å²) in [6.07, 6.45) is 2.52. The number of aryl methyl sites for hydroxylation is 2. The molecule has 0 aliphatic heterocycles. The molecule has 0 heterocycles. The summed E-state index contributed by atoms with van der Waals surface area (Å²) in [5, 5.41) is 10.1. The predicted molar refractivity (Wildman–Crippen MR) is 80.2 cm³/mol. The minimum atomic E-state index is -0.663. The number of hydrogen-bond donors (Lipinski definition) is 2. The SMILES string of the molecule is CCC(O)(CN)CCCSc1ccc(C)c(C)c1. The minimum absolute atomic E-state index is 0.359. The third-order valence-electron chi connectivity index (χ3n) is 3.57. The maximum Gasteiger partial charge on any atom is 0.0767 e. The summed E-state index contributed by atoms with van der Waals surface area (Å²) in [5.74, 6) is 1.03. The highest BCUT2D eigenvalue weighted by molar-refractivity contribution is 7.99. The maximum atomic E-state index is 10.1. The smallest absolute Gasteiger partial charge is 0.0767 e. The molecule has 0 aliphatic rings. The van der Waals surface area contributed by atoms with Crippen molar-refractivity contribution in [2.45, 2.75) is 50.5 Å². The van der Waals surface area contributed by atoms with Crippen LogP contribution in [0.5, 0.6) is 0 Å². The molecule has 3 N–H and O–H groups in total. The zero-order valence-electron chi connectivity index (χ0n) is 11.7. The number of hydrogen-bond acceptors (Lipinski definition) is 3. The van der Waals surface area contributed by atoms with Crippen molar-refractivity contribution in [1.82, 2.24) is 0 Å². The highest BCUT2D eigenvalue weighted by Gasteiger charge is 2.21. The Morgan fingerprint density at radius 2 is 2.00 bits per heavy atom. The van der Waals surface area contributed by atoms with Gasteiger partial charge in [-0.1, -0.05) is 13.0 Å². The van der Waals surface area contributed by atoms with E-state index in [0.29, 0.717) is 6.54 Å². The van der Waals surface area contributed by atoms with Crippen LogP contribution in [0.1, 0.15) is 37.3 Å². The van der Waals surface area contributed by atoms with Crippen molar-refractivity contribution >= 4 is 11.8 Å². The van der Waals surface area contributed by atoms with Gasteiger partial charge < -0.3 is 10.8 Å². The molecule has 0 fully saturated rings. The molecule has 0 aliphatic carbocycles. The van der Waals surface area contributed by atoms with E-state index >= 15 is 0 Å². The zero-order valence-corrected chi connectivity index (χ0v) is 12.5. The largest absolute Gasteiger partial charge is 0.389 e. The van der Waals surface area contributed by atoms with E-state index in [1.165, 1.54) is 16.0 Å². The van der Waals surface area contributed by atoms with Crippen LogP contribution in [0.4, 0.5) is 0 Å². The summed E-state index contributed by atoms with van der Waals surface area (Å²) in [5.41, 5.74) is 7.60. The van der Waals surface area contributed by atoms with Gasteiger partial charge in [-0.15, -0.1) is 11.8 Å². The molecule has 0 spiro atoms.